The van der Waals surface area contributed by atoms with E-state index >= 15 is 0 Å². The van der Waals surface area contributed by atoms with Crippen molar-refractivity contribution in [2.24, 2.45) is 5.73 Å². The van der Waals surface area contributed by atoms with E-state index in [9.17, 15) is 19.8 Å². The lowest BCUT2D eigenvalue weighted by Crippen LogP contribution is -2.58. The number of imide groups is 1. The maximum absolute atomic E-state index is 12.7. The Balaban J connectivity index is 0.00000192. The molecule has 1 aromatic carbocycles. The minimum atomic E-state index is -1.15. The minimum Gasteiger partial charge on any atom is -0.379 e. The van der Waals surface area contributed by atoms with Gasteiger partial charge in [-0.25, -0.2) is 0 Å². The summed E-state index contributed by atoms with van der Waals surface area (Å²) in [5.41, 5.74) is 7.15. The van der Waals surface area contributed by atoms with E-state index in [1.54, 1.807) is 25.1 Å². The second kappa shape index (κ2) is 6.54. The van der Waals surface area contributed by atoms with Crippen LogP contribution in [0.2, 0.25) is 0 Å². The maximum Gasteiger partial charge on any atom is 0.262 e. The smallest absolute Gasteiger partial charge is 0.262 e. The van der Waals surface area contributed by atoms with Gasteiger partial charge in [-0.05, 0) is 31.4 Å². The number of aliphatic hydroxyl groups is 2. The molecule has 1 fully saturated rings. The average Bonchev–Trinajstić information content (AvgIpc) is 2.72. The molecule has 126 valence electrons. The fourth-order valence-electron chi connectivity index (χ4n) is 3.16. The highest BCUT2D eigenvalue weighted by atomic mass is 35.5. The van der Waals surface area contributed by atoms with Gasteiger partial charge in [0.1, 0.15) is 12.5 Å². The molecule has 7 nitrogen and oxygen atoms in total. The predicted molar refractivity (Wildman–Crippen MR) is 85.0 cm³/mol. The van der Waals surface area contributed by atoms with Crippen LogP contribution in [0.5, 0.6) is 0 Å². The molecule has 0 bridgehead atoms. The quantitative estimate of drug-likeness (QED) is 0.568. The molecule has 0 aromatic heterocycles. The molecule has 0 spiro atoms. The lowest BCUT2D eigenvalue weighted by atomic mass is 9.98. The number of piperidine rings is 1. The van der Waals surface area contributed by atoms with E-state index in [4.69, 9.17) is 5.73 Å². The zero-order chi connectivity index (χ0) is 16.0. The third kappa shape index (κ3) is 2.86. The summed E-state index contributed by atoms with van der Waals surface area (Å²) in [7, 11) is 0. The molecule has 3 rings (SSSR count). The van der Waals surface area contributed by atoms with Crippen molar-refractivity contribution in [3.05, 3.63) is 34.9 Å². The Kier molecular flexibility index (Phi) is 5.07. The number of aliphatic hydroxyl groups excluding tert-OH is 2. The first-order chi connectivity index (χ1) is 10.4. The Bertz CT molecular complexity index is 637. The summed E-state index contributed by atoms with van der Waals surface area (Å²) >= 11 is 0. The number of fused-ring (bicyclic) bond motifs is 1. The third-order valence-electron chi connectivity index (χ3n) is 4.26. The Morgan fingerprint density at radius 3 is 2.57 bits per heavy atom. The van der Waals surface area contributed by atoms with Crippen LogP contribution in [0.15, 0.2) is 18.2 Å². The van der Waals surface area contributed by atoms with Crippen LogP contribution in [0, 0.1) is 0 Å². The molecular weight excluding hydrogens is 322 g/mol. The van der Waals surface area contributed by atoms with Crippen molar-refractivity contribution in [1.29, 1.82) is 0 Å². The maximum atomic E-state index is 12.7. The van der Waals surface area contributed by atoms with Gasteiger partial charge < -0.3 is 15.9 Å². The van der Waals surface area contributed by atoms with Crippen LogP contribution in [0.1, 0.15) is 52.1 Å². The number of benzene rings is 1. The molecular formula is C15H20ClN3O4. The summed E-state index contributed by atoms with van der Waals surface area (Å²) < 4.78 is 0. The molecule has 2 amide bonds. The summed E-state index contributed by atoms with van der Waals surface area (Å²) in [6.45, 7) is 1.75. The Hall–Kier alpha value is -1.51. The molecule has 23 heavy (non-hydrogen) atoms. The average molecular weight is 342 g/mol. The molecule has 5 N–H and O–H groups in total. The van der Waals surface area contributed by atoms with E-state index in [1.165, 1.54) is 0 Å². The third-order valence-corrected chi connectivity index (χ3v) is 4.26. The highest BCUT2D eigenvalue weighted by Crippen LogP contribution is 2.32. The molecule has 0 radical (unpaired) electrons. The first kappa shape index (κ1) is 17.8. The van der Waals surface area contributed by atoms with Crippen LogP contribution in [0.25, 0.3) is 0 Å². The first-order valence-electron chi connectivity index (χ1n) is 7.30. The molecule has 0 saturated carbocycles. The van der Waals surface area contributed by atoms with Crippen LogP contribution in [-0.2, 0) is 0 Å². The van der Waals surface area contributed by atoms with Gasteiger partial charge in [0.15, 0.2) is 0 Å². The van der Waals surface area contributed by atoms with Crippen molar-refractivity contribution in [3.8, 4) is 0 Å². The minimum absolute atomic E-state index is 0. The van der Waals surface area contributed by atoms with Crippen LogP contribution in [0.4, 0.5) is 0 Å². The van der Waals surface area contributed by atoms with Gasteiger partial charge in [0, 0.05) is 6.04 Å². The summed E-state index contributed by atoms with van der Waals surface area (Å²) in [5.74, 6) is -0.861. The molecule has 4 atom stereocenters. The second-order valence-corrected chi connectivity index (χ2v) is 5.81. The molecule has 2 aliphatic rings. The van der Waals surface area contributed by atoms with Gasteiger partial charge in [0.25, 0.3) is 11.8 Å². The first-order valence-corrected chi connectivity index (χ1v) is 7.30. The number of halogens is 1. The monoisotopic (exact) mass is 341 g/mol. The van der Waals surface area contributed by atoms with Gasteiger partial charge in [0.05, 0.1) is 17.2 Å². The zero-order valence-corrected chi connectivity index (χ0v) is 13.4. The number of nitrogens with one attached hydrogen (secondary N) is 1. The van der Waals surface area contributed by atoms with Gasteiger partial charge in [-0.2, -0.15) is 0 Å². The van der Waals surface area contributed by atoms with E-state index in [2.05, 4.69) is 5.32 Å². The van der Waals surface area contributed by atoms with Crippen LogP contribution >= 0.6 is 12.4 Å². The standard InChI is InChI=1S/C15H19N3O4.ClH/c1-7(16)8-3-2-4-9-12(8)15(22)18(14(9)21)10-5-6-11(19)17-13(10)20;/h2-4,7,10-11,13,17,19-20H,5-6,16H2,1H3;1H. The highest BCUT2D eigenvalue weighted by molar-refractivity contribution is 6.22. The number of hydrogen-bond donors (Lipinski definition) is 4. The number of nitrogens with two attached hydrogens (primary N) is 1. The van der Waals surface area contributed by atoms with Gasteiger partial charge in [-0.3, -0.25) is 19.8 Å². The number of rotatable bonds is 2. The molecule has 2 aliphatic heterocycles. The Morgan fingerprint density at radius 1 is 1.26 bits per heavy atom. The number of nitrogens with zero attached hydrogens (tertiary/aromatic N) is 1. The van der Waals surface area contributed by atoms with Crippen molar-refractivity contribution >= 4 is 24.2 Å². The topological polar surface area (TPSA) is 116 Å². The summed E-state index contributed by atoms with van der Waals surface area (Å²) in [4.78, 5) is 26.4. The number of hydrogen-bond acceptors (Lipinski definition) is 6. The normalized spacial score (nSPS) is 28.3. The van der Waals surface area contributed by atoms with Crippen molar-refractivity contribution in [2.45, 2.75) is 44.3 Å². The molecule has 0 aliphatic carbocycles. The summed E-state index contributed by atoms with van der Waals surface area (Å²) in [6.07, 6.45) is -1.28. The number of carbonyl (C=O) groups is 2. The lowest BCUT2D eigenvalue weighted by molar-refractivity contribution is -0.0413. The number of carbonyl (C=O) groups excluding carboxylic acids is 2. The molecule has 2 heterocycles. The van der Waals surface area contributed by atoms with Gasteiger partial charge in [0.2, 0.25) is 0 Å². The van der Waals surface area contributed by atoms with Gasteiger partial charge in [-0.1, -0.05) is 12.1 Å². The fraction of sp³-hybridized carbons (Fsp3) is 0.467. The van der Waals surface area contributed by atoms with E-state index < -0.39 is 30.3 Å². The van der Waals surface area contributed by atoms with E-state index in [0.717, 1.165) is 4.90 Å². The molecule has 4 unspecified atom stereocenters. The van der Waals surface area contributed by atoms with Crippen LogP contribution in [-0.4, -0.2) is 45.4 Å². The van der Waals surface area contributed by atoms with E-state index in [0.29, 0.717) is 29.5 Å². The van der Waals surface area contributed by atoms with Crippen molar-refractivity contribution in [3.63, 3.8) is 0 Å². The van der Waals surface area contributed by atoms with Crippen molar-refractivity contribution in [1.82, 2.24) is 10.2 Å². The zero-order valence-electron chi connectivity index (χ0n) is 12.6. The summed E-state index contributed by atoms with van der Waals surface area (Å²) in [5, 5.41) is 22.1. The number of amides is 2. The Labute approximate surface area is 139 Å². The van der Waals surface area contributed by atoms with Gasteiger partial charge >= 0.3 is 0 Å². The molecule has 1 aromatic rings. The SMILES string of the molecule is CC(N)c1cccc2c1C(=O)N(C1CCC(O)NC1O)C2=O.Cl. The highest BCUT2D eigenvalue weighted by Gasteiger charge is 2.45. The van der Waals surface area contributed by atoms with Crippen LogP contribution < -0.4 is 11.1 Å². The predicted octanol–water partition coefficient (Wildman–Crippen LogP) is 0.113. The molecule has 1 saturated heterocycles. The van der Waals surface area contributed by atoms with Crippen molar-refractivity contribution in [2.75, 3.05) is 0 Å². The van der Waals surface area contributed by atoms with Crippen LogP contribution in [0.3, 0.4) is 0 Å². The lowest BCUT2D eigenvalue weighted by Gasteiger charge is -2.36. The fourth-order valence-corrected chi connectivity index (χ4v) is 3.16. The Morgan fingerprint density at radius 2 is 1.96 bits per heavy atom. The van der Waals surface area contributed by atoms with E-state index in [1.807, 2.05) is 0 Å². The van der Waals surface area contributed by atoms with Gasteiger partial charge in [-0.15, -0.1) is 12.4 Å². The van der Waals surface area contributed by atoms with E-state index in [-0.39, 0.29) is 18.4 Å². The largest absolute Gasteiger partial charge is 0.379 e. The second-order valence-electron chi connectivity index (χ2n) is 5.81. The summed E-state index contributed by atoms with van der Waals surface area (Å²) in [6, 6.07) is 3.96. The van der Waals surface area contributed by atoms with Crippen molar-refractivity contribution < 1.29 is 19.8 Å². The molecule has 8 heteroatoms.